The Labute approximate surface area is 90.3 Å². The number of aromatic nitrogens is 1. The van der Waals surface area contributed by atoms with Crippen LogP contribution in [0, 0.1) is 5.82 Å². The molecular formula is C11H8FNO3. The fourth-order valence-electron chi connectivity index (χ4n) is 1.44. The molecule has 0 aliphatic heterocycles. The quantitative estimate of drug-likeness (QED) is 0.843. The van der Waals surface area contributed by atoms with Crippen molar-refractivity contribution in [3.63, 3.8) is 0 Å². The number of carboxylic acid groups (broad SMARTS) is 1. The van der Waals surface area contributed by atoms with Crippen molar-refractivity contribution in [2.24, 2.45) is 0 Å². The highest BCUT2D eigenvalue weighted by Crippen LogP contribution is 2.25. The van der Waals surface area contributed by atoms with E-state index < -0.39 is 11.8 Å². The van der Waals surface area contributed by atoms with Gasteiger partial charge in [0.15, 0.2) is 0 Å². The number of hydrogen-bond donors (Lipinski definition) is 1. The molecule has 1 N–H and O–H groups in total. The summed E-state index contributed by atoms with van der Waals surface area (Å²) in [6.45, 7) is 0. The number of halogens is 1. The lowest BCUT2D eigenvalue weighted by Gasteiger charge is -2.05. The maximum absolute atomic E-state index is 13.1. The summed E-state index contributed by atoms with van der Waals surface area (Å²) in [5, 5.41) is 9.29. The maximum Gasteiger partial charge on any atom is 0.354 e. The van der Waals surface area contributed by atoms with Crippen LogP contribution in [0.5, 0.6) is 5.75 Å². The van der Waals surface area contributed by atoms with Crippen molar-refractivity contribution in [3.8, 4) is 5.75 Å². The van der Waals surface area contributed by atoms with Gasteiger partial charge in [0.05, 0.1) is 7.11 Å². The molecule has 16 heavy (non-hydrogen) atoms. The SMILES string of the molecule is COc1cc(F)cc2ccc(C(=O)O)nc12. The van der Waals surface area contributed by atoms with E-state index in [0.717, 1.165) is 0 Å². The van der Waals surface area contributed by atoms with Crippen LogP contribution in [-0.2, 0) is 0 Å². The van der Waals surface area contributed by atoms with Crippen molar-refractivity contribution >= 4 is 16.9 Å². The molecule has 0 atom stereocenters. The van der Waals surface area contributed by atoms with Gasteiger partial charge in [-0.05, 0) is 12.1 Å². The predicted molar refractivity (Wildman–Crippen MR) is 55.2 cm³/mol. The molecule has 5 heteroatoms. The monoisotopic (exact) mass is 221 g/mol. The van der Waals surface area contributed by atoms with E-state index in [0.29, 0.717) is 10.9 Å². The Morgan fingerprint density at radius 3 is 2.81 bits per heavy atom. The van der Waals surface area contributed by atoms with Crippen molar-refractivity contribution in [3.05, 3.63) is 35.8 Å². The Hall–Kier alpha value is -2.17. The Bertz CT molecular complexity index is 568. The number of ether oxygens (including phenoxy) is 1. The van der Waals surface area contributed by atoms with Gasteiger partial charge in [0.25, 0.3) is 0 Å². The minimum absolute atomic E-state index is 0.0996. The number of pyridine rings is 1. The van der Waals surface area contributed by atoms with Crippen LogP contribution in [0.1, 0.15) is 10.5 Å². The normalized spacial score (nSPS) is 10.4. The van der Waals surface area contributed by atoms with Gasteiger partial charge in [-0.2, -0.15) is 0 Å². The number of hydrogen-bond acceptors (Lipinski definition) is 3. The highest BCUT2D eigenvalue weighted by Gasteiger charge is 2.10. The summed E-state index contributed by atoms with van der Waals surface area (Å²) in [7, 11) is 1.38. The van der Waals surface area contributed by atoms with Gasteiger partial charge in [-0.1, -0.05) is 6.07 Å². The molecular weight excluding hydrogens is 213 g/mol. The van der Waals surface area contributed by atoms with Crippen LogP contribution in [-0.4, -0.2) is 23.2 Å². The third-order valence-electron chi connectivity index (χ3n) is 2.16. The largest absolute Gasteiger partial charge is 0.494 e. The second-order valence-electron chi connectivity index (χ2n) is 3.18. The molecule has 0 aliphatic rings. The Balaban J connectivity index is 2.75. The van der Waals surface area contributed by atoms with Gasteiger partial charge in [-0.25, -0.2) is 14.2 Å². The Kier molecular flexibility index (Phi) is 2.44. The first kappa shape index (κ1) is 10.4. The zero-order chi connectivity index (χ0) is 11.7. The van der Waals surface area contributed by atoms with Gasteiger partial charge in [-0.3, -0.25) is 0 Å². The second-order valence-corrected chi connectivity index (χ2v) is 3.18. The summed E-state index contributed by atoms with van der Waals surface area (Å²) >= 11 is 0. The molecule has 0 radical (unpaired) electrons. The van der Waals surface area contributed by atoms with Crippen LogP contribution in [0.15, 0.2) is 24.3 Å². The Morgan fingerprint density at radius 1 is 1.44 bits per heavy atom. The molecule has 82 valence electrons. The third kappa shape index (κ3) is 1.67. The average molecular weight is 221 g/mol. The summed E-state index contributed by atoms with van der Waals surface area (Å²) in [5.74, 6) is -1.36. The minimum atomic E-state index is -1.13. The van der Waals surface area contributed by atoms with Crippen molar-refractivity contribution in [2.75, 3.05) is 7.11 Å². The second kappa shape index (κ2) is 3.77. The fourth-order valence-corrected chi connectivity index (χ4v) is 1.44. The molecule has 0 aliphatic carbocycles. The number of nitrogens with zero attached hydrogens (tertiary/aromatic N) is 1. The number of benzene rings is 1. The molecule has 2 rings (SSSR count). The molecule has 0 unspecified atom stereocenters. The molecule has 0 spiro atoms. The van der Waals surface area contributed by atoms with Gasteiger partial charge < -0.3 is 9.84 Å². The molecule has 0 saturated carbocycles. The number of aromatic carboxylic acids is 1. The van der Waals surface area contributed by atoms with Crippen molar-refractivity contribution in [1.29, 1.82) is 0 Å². The van der Waals surface area contributed by atoms with Crippen molar-refractivity contribution < 1.29 is 19.0 Å². The van der Waals surface area contributed by atoms with Crippen LogP contribution in [0.3, 0.4) is 0 Å². The van der Waals surface area contributed by atoms with E-state index in [-0.39, 0.29) is 11.4 Å². The van der Waals surface area contributed by atoms with Gasteiger partial charge in [0.2, 0.25) is 0 Å². The Morgan fingerprint density at radius 2 is 2.19 bits per heavy atom. The zero-order valence-electron chi connectivity index (χ0n) is 8.40. The molecule has 0 bridgehead atoms. The standard InChI is InChI=1S/C11H8FNO3/c1-16-9-5-7(12)4-6-2-3-8(11(14)15)13-10(6)9/h2-5H,1H3,(H,14,15). The molecule has 0 fully saturated rings. The van der Waals surface area contributed by atoms with Gasteiger partial charge in [-0.15, -0.1) is 0 Å². The van der Waals surface area contributed by atoms with Crippen molar-refractivity contribution in [2.45, 2.75) is 0 Å². The highest BCUT2D eigenvalue weighted by molar-refractivity contribution is 5.91. The van der Waals surface area contributed by atoms with Crippen LogP contribution >= 0.6 is 0 Å². The van der Waals surface area contributed by atoms with E-state index in [1.54, 1.807) is 0 Å². The first-order valence-electron chi connectivity index (χ1n) is 4.49. The van der Waals surface area contributed by atoms with E-state index >= 15 is 0 Å². The van der Waals surface area contributed by atoms with Crippen LogP contribution in [0.4, 0.5) is 4.39 Å². The van der Waals surface area contributed by atoms with E-state index in [1.807, 2.05) is 0 Å². The third-order valence-corrected chi connectivity index (χ3v) is 2.16. The van der Waals surface area contributed by atoms with Crippen LogP contribution in [0.25, 0.3) is 10.9 Å². The number of fused-ring (bicyclic) bond motifs is 1. The minimum Gasteiger partial charge on any atom is -0.494 e. The van der Waals surface area contributed by atoms with Crippen LogP contribution < -0.4 is 4.74 Å². The first-order valence-corrected chi connectivity index (χ1v) is 4.49. The molecule has 0 saturated heterocycles. The number of carbonyl (C=O) groups is 1. The molecule has 1 heterocycles. The highest BCUT2D eigenvalue weighted by atomic mass is 19.1. The lowest BCUT2D eigenvalue weighted by atomic mass is 10.2. The molecule has 1 aromatic carbocycles. The van der Waals surface area contributed by atoms with E-state index in [2.05, 4.69) is 4.98 Å². The van der Waals surface area contributed by atoms with E-state index in [4.69, 9.17) is 9.84 Å². The molecule has 0 amide bonds. The van der Waals surface area contributed by atoms with E-state index in [9.17, 15) is 9.18 Å². The summed E-state index contributed by atoms with van der Waals surface area (Å²) < 4.78 is 18.1. The zero-order valence-corrected chi connectivity index (χ0v) is 8.40. The number of carboxylic acids is 1. The van der Waals surface area contributed by atoms with E-state index in [1.165, 1.54) is 31.4 Å². The molecule has 1 aromatic heterocycles. The van der Waals surface area contributed by atoms with Gasteiger partial charge in [0, 0.05) is 11.5 Å². The average Bonchev–Trinajstić information content (AvgIpc) is 2.27. The number of methoxy groups -OCH3 is 1. The van der Waals surface area contributed by atoms with Crippen molar-refractivity contribution in [1.82, 2.24) is 4.98 Å². The number of rotatable bonds is 2. The molecule has 2 aromatic rings. The van der Waals surface area contributed by atoms with Gasteiger partial charge in [0.1, 0.15) is 22.8 Å². The van der Waals surface area contributed by atoms with Crippen LogP contribution in [0.2, 0.25) is 0 Å². The smallest absolute Gasteiger partial charge is 0.354 e. The topological polar surface area (TPSA) is 59.4 Å². The van der Waals surface area contributed by atoms with Gasteiger partial charge >= 0.3 is 5.97 Å². The predicted octanol–water partition coefficient (Wildman–Crippen LogP) is 2.08. The molecule has 4 nitrogen and oxygen atoms in total. The summed E-state index contributed by atoms with van der Waals surface area (Å²) in [6, 6.07) is 5.26. The lowest BCUT2D eigenvalue weighted by Crippen LogP contribution is -2.00. The first-order chi connectivity index (χ1) is 7.61. The maximum atomic E-state index is 13.1. The summed E-state index contributed by atoms with van der Waals surface area (Å²) in [6.07, 6.45) is 0. The summed E-state index contributed by atoms with van der Waals surface area (Å²) in [5.41, 5.74) is 0.237. The fraction of sp³-hybridized carbons (Fsp3) is 0.0909. The summed E-state index contributed by atoms with van der Waals surface area (Å²) in [4.78, 5) is 14.6. The lowest BCUT2D eigenvalue weighted by molar-refractivity contribution is 0.0691.